The summed E-state index contributed by atoms with van der Waals surface area (Å²) in [5.74, 6) is 1.05. The summed E-state index contributed by atoms with van der Waals surface area (Å²) in [4.78, 5) is 0. The van der Waals surface area contributed by atoms with Crippen molar-refractivity contribution in [3.63, 3.8) is 0 Å². The van der Waals surface area contributed by atoms with Crippen molar-refractivity contribution >= 4 is 0 Å². The standard InChI is InChI=1S/C7H13.Li/c1-5-7(4)6(2)3;/h5-7H,1-2H2,3-4H3;/q-1;+1/t6-,7-;/m1./s1. The van der Waals surface area contributed by atoms with Crippen LogP contribution >= 0.6 is 0 Å². The molecule has 0 nitrogen and oxygen atoms in total. The molecule has 0 radical (unpaired) electrons. The van der Waals surface area contributed by atoms with E-state index in [1.807, 2.05) is 6.08 Å². The van der Waals surface area contributed by atoms with Gasteiger partial charge in [0, 0.05) is 0 Å². The minimum Gasteiger partial charge on any atom is -0.340 e. The molecule has 0 aromatic rings. The summed E-state index contributed by atoms with van der Waals surface area (Å²) in [5, 5.41) is 0. The second-order valence-electron chi connectivity index (χ2n) is 2.07. The van der Waals surface area contributed by atoms with E-state index in [1.54, 1.807) is 0 Å². The Kier molecular flexibility index (Phi) is 7.65. The third-order valence-electron chi connectivity index (χ3n) is 1.27. The summed E-state index contributed by atoms with van der Waals surface area (Å²) in [6, 6.07) is 0. The van der Waals surface area contributed by atoms with E-state index in [0.29, 0.717) is 11.8 Å². The summed E-state index contributed by atoms with van der Waals surface area (Å²) in [5.41, 5.74) is 0. The van der Waals surface area contributed by atoms with Crippen molar-refractivity contribution in [3.05, 3.63) is 19.6 Å². The first-order valence-electron chi connectivity index (χ1n) is 2.64. The first-order valence-corrected chi connectivity index (χ1v) is 2.64. The van der Waals surface area contributed by atoms with Crippen LogP contribution in [0.4, 0.5) is 0 Å². The molecule has 0 heterocycles. The Hall–Kier alpha value is 0.337. The van der Waals surface area contributed by atoms with Crippen LogP contribution in [-0.4, -0.2) is 0 Å². The first kappa shape index (κ1) is 11.2. The Morgan fingerprint density at radius 1 is 1.50 bits per heavy atom. The van der Waals surface area contributed by atoms with Crippen LogP contribution in [0.15, 0.2) is 12.7 Å². The third kappa shape index (κ3) is 4.50. The molecule has 0 fully saturated rings. The number of rotatable bonds is 2. The maximum absolute atomic E-state index is 3.84. The molecule has 42 valence electrons. The van der Waals surface area contributed by atoms with E-state index in [1.165, 1.54) is 0 Å². The maximum atomic E-state index is 3.84. The Bertz CT molecular complexity index is 57.4. The molecule has 0 aromatic carbocycles. The average molecular weight is 104 g/mol. The van der Waals surface area contributed by atoms with Crippen molar-refractivity contribution in [1.29, 1.82) is 0 Å². The van der Waals surface area contributed by atoms with E-state index in [4.69, 9.17) is 0 Å². The van der Waals surface area contributed by atoms with E-state index >= 15 is 0 Å². The zero-order valence-corrected chi connectivity index (χ0v) is 6.15. The zero-order valence-electron chi connectivity index (χ0n) is 6.15. The minimum atomic E-state index is 0. The Morgan fingerprint density at radius 3 is 1.88 bits per heavy atom. The van der Waals surface area contributed by atoms with Crippen LogP contribution in [0.25, 0.3) is 0 Å². The Labute approximate surface area is 64.5 Å². The molecule has 0 aliphatic heterocycles. The molecule has 1 heteroatoms. The van der Waals surface area contributed by atoms with Crippen LogP contribution < -0.4 is 18.9 Å². The van der Waals surface area contributed by atoms with E-state index < -0.39 is 0 Å². The molecule has 0 aliphatic carbocycles. The first-order chi connectivity index (χ1) is 3.18. The van der Waals surface area contributed by atoms with Gasteiger partial charge in [-0.25, -0.2) is 0 Å². The molecule has 0 aliphatic rings. The summed E-state index contributed by atoms with van der Waals surface area (Å²) in [6.45, 7) is 11.7. The quantitative estimate of drug-likeness (QED) is 0.246. The molecule has 0 saturated carbocycles. The molecule has 0 aromatic heterocycles. The SMILES string of the molecule is C=C[C@@H](C)[C@H]([CH2-])C.[Li+]. The fraction of sp³-hybridized carbons (Fsp3) is 0.571. The van der Waals surface area contributed by atoms with Crippen LogP contribution in [-0.2, 0) is 0 Å². The van der Waals surface area contributed by atoms with Crippen molar-refractivity contribution in [2.75, 3.05) is 0 Å². The van der Waals surface area contributed by atoms with Gasteiger partial charge in [0.25, 0.3) is 0 Å². The predicted molar refractivity (Wildman–Crippen MR) is 33.9 cm³/mol. The molecule has 0 amide bonds. The van der Waals surface area contributed by atoms with Gasteiger partial charge in [-0.1, -0.05) is 25.8 Å². The monoisotopic (exact) mass is 104 g/mol. The summed E-state index contributed by atoms with van der Waals surface area (Å²) < 4.78 is 0. The fourth-order valence-electron chi connectivity index (χ4n) is 0.232. The van der Waals surface area contributed by atoms with Gasteiger partial charge in [0.15, 0.2) is 0 Å². The summed E-state index contributed by atoms with van der Waals surface area (Å²) >= 11 is 0. The van der Waals surface area contributed by atoms with Crippen LogP contribution in [0, 0.1) is 18.8 Å². The number of allylic oxidation sites excluding steroid dienone is 1. The molecule has 0 N–H and O–H groups in total. The fourth-order valence-corrected chi connectivity index (χ4v) is 0.232. The van der Waals surface area contributed by atoms with Gasteiger partial charge in [-0.3, -0.25) is 0 Å². The molecular formula is C7H13Li. The Balaban J connectivity index is 0. The van der Waals surface area contributed by atoms with Gasteiger partial charge in [0.1, 0.15) is 0 Å². The van der Waals surface area contributed by atoms with Gasteiger partial charge in [-0.2, -0.15) is 5.92 Å². The van der Waals surface area contributed by atoms with Crippen LogP contribution in [0.1, 0.15) is 13.8 Å². The zero-order chi connectivity index (χ0) is 5.86. The van der Waals surface area contributed by atoms with Crippen molar-refractivity contribution in [3.8, 4) is 0 Å². The predicted octanol–water partition coefficient (Wildman–Crippen LogP) is -0.717. The molecule has 2 atom stereocenters. The normalized spacial score (nSPS) is 15.9. The maximum Gasteiger partial charge on any atom is 1.00 e. The van der Waals surface area contributed by atoms with Gasteiger partial charge in [0.05, 0.1) is 0 Å². The van der Waals surface area contributed by atoms with Crippen molar-refractivity contribution in [2.24, 2.45) is 11.8 Å². The molecule has 0 saturated heterocycles. The third-order valence-corrected chi connectivity index (χ3v) is 1.27. The smallest absolute Gasteiger partial charge is 0.340 e. The molecule has 0 rings (SSSR count). The van der Waals surface area contributed by atoms with E-state index in [0.717, 1.165) is 0 Å². The average Bonchev–Trinajstić information content (AvgIpc) is 1.65. The van der Waals surface area contributed by atoms with Crippen molar-refractivity contribution in [2.45, 2.75) is 13.8 Å². The van der Waals surface area contributed by atoms with Crippen LogP contribution in [0.5, 0.6) is 0 Å². The largest absolute Gasteiger partial charge is 1.00 e. The van der Waals surface area contributed by atoms with Crippen LogP contribution in [0.3, 0.4) is 0 Å². The second kappa shape index (κ2) is 5.47. The second-order valence-corrected chi connectivity index (χ2v) is 2.07. The van der Waals surface area contributed by atoms with Gasteiger partial charge >= 0.3 is 18.9 Å². The molecule has 0 spiro atoms. The molecule has 0 bridgehead atoms. The summed E-state index contributed by atoms with van der Waals surface area (Å²) in [7, 11) is 0. The van der Waals surface area contributed by atoms with Crippen molar-refractivity contribution in [1.82, 2.24) is 0 Å². The number of hydrogen-bond donors (Lipinski definition) is 0. The van der Waals surface area contributed by atoms with E-state index in [2.05, 4.69) is 27.4 Å². The molecule has 0 unspecified atom stereocenters. The molecular weight excluding hydrogens is 91.0 g/mol. The van der Waals surface area contributed by atoms with E-state index in [-0.39, 0.29) is 18.9 Å². The van der Waals surface area contributed by atoms with Gasteiger partial charge < -0.3 is 6.92 Å². The van der Waals surface area contributed by atoms with Gasteiger partial charge in [-0.05, 0) is 0 Å². The van der Waals surface area contributed by atoms with Gasteiger partial charge in [0.2, 0.25) is 0 Å². The van der Waals surface area contributed by atoms with Crippen molar-refractivity contribution < 1.29 is 18.9 Å². The summed E-state index contributed by atoms with van der Waals surface area (Å²) in [6.07, 6.45) is 1.93. The molecule has 8 heavy (non-hydrogen) atoms. The van der Waals surface area contributed by atoms with Gasteiger partial charge in [-0.15, -0.1) is 6.58 Å². The van der Waals surface area contributed by atoms with Crippen LogP contribution in [0.2, 0.25) is 0 Å². The minimum absolute atomic E-state index is 0. The number of hydrogen-bond acceptors (Lipinski definition) is 0. The topological polar surface area (TPSA) is 0 Å². The Morgan fingerprint density at radius 2 is 1.88 bits per heavy atom. The van der Waals surface area contributed by atoms with E-state index in [9.17, 15) is 0 Å².